The predicted octanol–water partition coefficient (Wildman–Crippen LogP) is 2.79. The van der Waals surface area contributed by atoms with E-state index in [9.17, 15) is 9.59 Å². The number of aliphatic carboxylic acids is 1. The van der Waals surface area contributed by atoms with Crippen molar-refractivity contribution >= 4 is 29.1 Å². The van der Waals surface area contributed by atoms with E-state index >= 15 is 0 Å². The molecule has 110 valence electrons. The Balaban J connectivity index is 1.80. The van der Waals surface area contributed by atoms with Gasteiger partial charge in [0.05, 0.1) is 0 Å². The fourth-order valence-electron chi connectivity index (χ4n) is 1.80. The average molecular weight is 305 g/mol. The van der Waals surface area contributed by atoms with Crippen molar-refractivity contribution in [3.8, 4) is 11.3 Å². The summed E-state index contributed by atoms with van der Waals surface area (Å²) in [6.07, 6.45) is 1.51. The molecule has 0 fully saturated rings. The third kappa shape index (κ3) is 4.96. The van der Waals surface area contributed by atoms with Crippen LogP contribution < -0.4 is 5.32 Å². The first-order valence-electron chi connectivity index (χ1n) is 6.54. The Morgan fingerprint density at radius 2 is 1.86 bits per heavy atom. The van der Waals surface area contributed by atoms with E-state index in [1.807, 2.05) is 29.6 Å². The fourth-order valence-corrected chi connectivity index (χ4v) is 2.27. The van der Waals surface area contributed by atoms with Crippen LogP contribution in [0.1, 0.15) is 25.7 Å². The van der Waals surface area contributed by atoms with Gasteiger partial charge in [-0.15, -0.1) is 5.10 Å². The van der Waals surface area contributed by atoms with Crippen LogP contribution in [0.5, 0.6) is 0 Å². The van der Waals surface area contributed by atoms with Crippen LogP contribution >= 0.6 is 11.5 Å². The number of nitrogens with zero attached hydrogens (tertiary/aromatic N) is 2. The first-order chi connectivity index (χ1) is 10.1. The highest BCUT2D eigenvalue weighted by Gasteiger charge is 2.05. The van der Waals surface area contributed by atoms with Crippen molar-refractivity contribution in [3.05, 3.63) is 29.6 Å². The molecule has 0 bridgehead atoms. The maximum atomic E-state index is 11.7. The van der Waals surface area contributed by atoms with E-state index in [1.165, 1.54) is 11.5 Å². The second-order valence-electron chi connectivity index (χ2n) is 4.52. The van der Waals surface area contributed by atoms with Crippen molar-refractivity contribution in [2.75, 3.05) is 5.32 Å². The fraction of sp³-hybridized carbons (Fsp3) is 0.286. The molecule has 0 spiro atoms. The summed E-state index contributed by atoms with van der Waals surface area (Å²) >= 11 is 1.29. The Bertz CT molecular complexity index is 596. The number of amides is 1. The summed E-state index contributed by atoms with van der Waals surface area (Å²) in [6.45, 7) is 0. The normalized spacial score (nSPS) is 10.3. The zero-order valence-corrected chi connectivity index (χ0v) is 12.1. The molecule has 1 aromatic carbocycles. The van der Waals surface area contributed by atoms with E-state index in [2.05, 4.69) is 14.9 Å². The number of carboxylic acid groups (broad SMARTS) is 1. The van der Waals surface area contributed by atoms with E-state index in [0.29, 0.717) is 24.9 Å². The molecule has 1 amide bonds. The van der Waals surface area contributed by atoms with Gasteiger partial charge in [0, 0.05) is 29.5 Å². The van der Waals surface area contributed by atoms with E-state index in [0.717, 1.165) is 11.3 Å². The summed E-state index contributed by atoms with van der Waals surface area (Å²) in [5.41, 5.74) is 2.47. The van der Waals surface area contributed by atoms with Crippen LogP contribution in [-0.4, -0.2) is 26.6 Å². The van der Waals surface area contributed by atoms with Crippen LogP contribution in [0.15, 0.2) is 29.6 Å². The lowest BCUT2D eigenvalue weighted by Gasteiger charge is -2.05. The Morgan fingerprint density at radius 3 is 2.48 bits per heavy atom. The van der Waals surface area contributed by atoms with Gasteiger partial charge in [0.25, 0.3) is 0 Å². The molecule has 2 N–H and O–H groups in total. The van der Waals surface area contributed by atoms with Crippen molar-refractivity contribution in [1.82, 2.24) is 9.59 Å². The number of nitrogens with one attached hydrogen (secondary N) is 1. The van der Waals surface area contributed by atoms with Gasteiger partial charge in [-0.3, -0.25) is 9.59 Å². The third-order valence-corrected chi connectivity index (χ3v) is 3.37. The molecule has 0 unspecified atom stereocenters. The maximum Gasteiger partial charge on any atom is 0.303 e. The third-order valence-electron chi connectivity index (χ3n) is 2.87. The maximum absolute atomic E-state index is 11.7. The zero-order valence-electron chi connectivity index (χ0n) is 11.3. The van der Waals surface area contributed by atoms with Gasteiger partial charge in [0.2, 0.25) is 5.91 Å². The number of carbonyl (C=O) groups is 2. The lowest BCUT2D eigenvalue weighted by atomic mass is 10.1. The van der Waals surface area contributed by atoms with Gasteiger partial charge < -0.3 is 10.4 Å². The van der Waals surface area contributed by atoms with Gasteiger partial charge in [-0.2, -0.15) is 0 Å². The first kappa shape index (κ1) is 15.1. The quantitative estimate of drug-likeness (QED) is 0.767. The van der Waals surface area contributed by atoms with Crippen molar-refractivity contribution in [3.63, 3.8) is 0 Å². The Hall–Kier alpha value is -2.28. The number of hydrogen-bond acceptors (Lipinski definition) is 5. The molecule has 0 aliphatic heterocycles. The molecule has 0 radical (unpaired) electrons. The smallest absolute Gasteiger partial charge is 0.303 e. The lowest BCUT2D eigenvalue weighted by Crippen LogP contribution is -2.11. The first-order valence-corrected chi connectivity index (χ1v) is 7.38. The van der Waals surface area contributed by atoms with Gasteiger partial charge in [-0.25, -0.2) is 0 Å². The molecule has 0 saturated carbocycles. The average Bonchev–Trinajstić information content (AvgIpc) is 2.98. The second kappa shape index (κ2) is 7.49. The molecule has 6 nitrogen and oxygen atoms in total. The number of carboxylic acids is 1. The van der Waals surface area contributed by atoms with Crippen LogP contribution in [0.4, 0.5) is 5.69 Å². The minimum atomic E-state index is -0.831. The molecule has 2 rings (SSSR count). The standard InChI is InChI=1S/C14H15N3O3S/c18-13(3-1-2-4-14(19)20)15-11-7-5-10(6-8-11)12-9-21-17-16-12/h5-9H,1-4H2,(H,15,18)(H,19,20). The van der Waals surface area contributed by atoms with Crippen LogP contribution in [-0.2, 0) is 9.59 Å². The molecular formula is C14H15N3O3S. The van der Waals surface area contributed by atoms with Gasteiger partial charge >= 0.3 is 5.97 Å². The summed E-state index contributed by atoms with van der Waals surface area (Å²) in [7, 11) is 0. The topological polar surface area (TPSA) is 92.2 Å². The van der Waals surface area contributed by atoms with E-state index in [1.54, 1.807) is 0 Å². The summed E-state index contributed by atoms with van der Waals surface area (Å²) in [4.78, 5) is 22.0. The summed E-state index contributed by atoms with van der Waals surface area (Å²) in [5.74, 6) is -0.939. The number of anilines is 1. The van der Waals surface area contributed by atoms with Gasteiger partial charge in [-0.1, -0.05) is 16.6 Å². The number of unbranched alkanes of at least 4 members (excludes halogenated alkanes) is 1. The van der Waals surface area contributed by atoms with Crippen LogP contribution in [0.2, 0.25) is 0 Å². The molecular weight excluding hydrogens is 290 g/mol. The molecule has 0 aliphatic rings. The zero-order chi connectivity index (χ0) is 15.1. The van der Waals surface area contributed by atoms with E-state index in [4.69, 9.17) is 5.11 Å². The molecule has 1 heterocycles. The minimum absolute atomic E-state index is 0.101. The van der Waals surface area contributed by atoms with E-state index in [-0.39, 0.29) is 12.3 Å². The van der Waals surface area contributed by atoms with Crippen LogP contribution in [0.3, 0.4) is 0 Å². The van der Waals surface area contributed by atoms with Gasteiger partial charge in [0.15, 0.2) is 0 Å². The molecule has 2 aromatic rings. The highest BCUT2D eigenvalue weighted by Crippen LogP contribution is 2.20. The number of hydrogen-bond donors (Lipinski definition) is 2. The summed E-state index contributed by atoms with van der Waals surface area (Å²) in [6, 6.07) is 7.36. The molecule has 0 atom stereocenters. The number of aromatic nitrogens is 2. The number of rotatable bonds is 7. The lowest BCUT2D eigenvalue weighted by molar-refractivity contribution is -0.137. The largest absolute Gasteiger partial charge is 0.481 e. The van der Waals surface area contributed by atoms with E-state index < -0.39 is 5.97 Å². The van der Waals surface area contributed by atoms with Crippen LogP contribution in [0.25, 0.3) is 11.3 Å². The molecule has 0 saturated heterocycles. The van der Waals surface area contributed by atoms with Crippen molar-refractivity contribution in [2.24, 2.45) is 0 Å². The highest BCUT2D eigenvalue weighted by molar-refractivity contribution is 7.03. The Morgan fingerprint density at radius 1 is 1.14 bits per heavy atom. The summed E-state index contributed by atoms with van der Waals surface area (Å²) < 4.78 is 3.80. The van der Waals surface area contributed by atoms with Crippen molar-refractivity contribution < 1.29 is 14.7 Å². The minimum Gasteiger partial charge on any atom is -0.481 e. The molecule has 1 aromatic heterocycles. The van der Waals surface area contributed by atoms with Crippen molar-refractivity contribution in [2.45, 2.75) is 25.7 Å². The number of benzene rings is 1. The second-order valence-corrected chi connectivity index (χ2v) is 5.13. The SMILES string of the molecule is O=C(O)CCCCC(=O)Nc1ccc(-c2csnn2)cc1. The van der Waals surface area contributed by atoms with Gasteiger partial charge in [-0.05, 0) is 36.5 Å². The Kier molecular flexibility index (Phi) is 5.39. The van der Waals surface area contributed by atoms with Crippen LogP contribution in [0, 0.1) is 0 Å². The molecule has 21 heavy (non-hydrogen) atoms. The van der Waals surface area contributed by atoms with Crippen molar-refractivity contribution in [1.29, 1.82) is 0 Å². The highest BCUT2D eigenvalue weighted by atomic mass is 32.1. The predicted molar refractivity (Wildman–Crippen MR) is 80.1 cm³/mol. The number of carbonyl (C=O) groups excluding carboxylic acids is 1. The molecule has 0 aliphatic carbocycles. The summed E-state index contributed by atoms with van der Waals surface area (Å²) in [5, 5.41) is 17.1. The monoisotopic (exact) mass is 305 g/mol. The Labute approximate surface area is 126 Å². The molecule has 7 heteroatoms. The van der Waals surface area contributed by atoms with Gasteiger partial charge in [0.1, 0.15) is 5.69 Å².